The Balaban J connectivity index is 2.91. The summed E-state index contributed by atoms with van der Waals surface area (Å²) >= 11 is 7.70. The maximum Gasteiger partial charge on any atom is 0.0931 e. The molecule has 0 aliphatic carbocycles. The quantitative estimate of drug-likeness (QED) is 0.810. The lowest BCUT2D eigenvalue weighted by Crippen LogP contribution is -2.42. The molecule has 0 saturated heterocycles. The molecule has 0 fully saturated rings. The van der Waals surface area contributed by atoms with Gasteiger partial charge in [0.2, 0.25) is 0 Å². The topological polar surface area (TPSA) is 29.3 Å². The minimum Gasteiger partial charge on any atom is -0.326 e. The van der Waals surface area contributed by atoms with Crippen molar-refractivity contribution in [3.63, 3.8) is 0 Å². The zero-order valence-electron chi connectivity index (χ0n) is 11.8. The van der Waals surface area contributed by atoms with E-state index in [1.54, 1.807) is 11.3 Å². The van der Waals surface area contributed by atoms with Crippen LogP contribution in [0.1, 0.15) is 51.0 Å². The van der Waals surface area contributed by atoms with E-state index < -0.39 is 0 Å². The molecule has 0 aliphatic rings. The van der Waals surface area contributed by atoms with Crippen molar-refractivity contribution in [3.05, 3.63) is 21.3 Å². The Morgan fingerprint density at radius 3 is 2.50 bits per heavy atom. The van der Waals surface area contributed by atoms with Gasteiger partial charge in [0.1, 0.15) is 0 Å². The highest BCUT2D eigenvalue weighted by Crippen LogP contribution is 2.33. The number of thiophene rings is 1. The Hall–Kier alpha value is -0.0900. The highest BCUT2D eigenvalue weighted by atomic mass is 35.5. The summed E-state index contributed by atoms with van der Waals surface area (Å²) in [4.78, 5) is 3.68. The van der Waals surface area contributed by atoms with Crippen molar-refractivity contribution < 1.29 is 0 Å². The predicted molar refractivity (Wildman–Crippen MR) is 82.5 cm³/mol. The standard InChI is InChI=1S/C14H25ClN2S/c1-5-7-10(3)17(4)14(11(16)6-2)12-8-9-13(15)18-12/h8-11,14H,5-7,16H2,1-4H3. The van der Waals surface area contributed by atoms with Crippen LogP contribution in [0.3, 0.4) is 0 Å². The molecule has 2 N–H and O–H groups in total. The first-order valence-electron chi connectivity index (χ1n) is 6.73. The van der Waals surface area contributed by atoms with Crippen LogP contribution in [0.5, 0.6) is 0 Å². The Morgan fingerprint density at radius 2 is 2.06 bits per heavy atom. The van der Waals surface area contributed by atoms with Crippen molar-refractivity contribution in [2.75, 3.05) is 7.05 Å². The largest absolute Gasteiger partial charge is 0.326 e. The van der Waals surface area contributed by atoms with Crippen LogP contribution >= 0.6 is 22.9 Å². The fourth-order valence-electron chi connectivity index (χ4n) is 2.32. The van der Waals surface area contributed by atoms with Crippen molar-refractivity contribution in [3.8, 4) is 0 Å². The minimum atomic E-state index is 0.157. The van der Waals surface area contributed by atoms with Crippen molar-refractivity contribution >= 4 is 22.9 Å². The Morgan fingerprint density at radius 1 is 1.39 bits per heavy atom. The number of hydrogen-bond acceptors (Lipinski definition) is 3. The third-order valence-electron chi connectivity index (χ3n) is 3.60. The second kappa shape index (κ2) is 7.49. The molecule has 2 nitrogen and oxygen atoms in total. The highest BCUT2D eigenvalue weighted by molar-refractivity contribution is 7.16. The molecule has 3 unspecified atom stereocenters. The molecule has 0 saturated carbocycles. The van der Waals surface area contributed by atoms with E-state index >= 15 is 0 Å². The molecule has 104 valence electrons. The van der Waals surface area contributed by atoms with Gasteiger partial charge in [0.05, 0.1) is 10.4 Å². The van der Waals surface area contributed by atoms with Gasteiger partial charge in [-0.15, -0.1) is 11.3 Å². The third kappa shape index (κ3) is 3.95. The second-order valence-electron chi connectivity index (χ2n) is 4.96. The molecule has 4 heteroatoms. The van der Waals surface area contributed by atoms with Gasteiger partial charge in [0.25, 0.3) is 0 Å². The number of nitrogens with two attached hydrogens (primary N) is 1. The first-order chi connectivity index (χ1) is 8.51. The molecule has 18 heavy (non-hydrogen) atoms. The van der Waals surface area contributed by atoms with Crippen LogP contribution in [-0.2, 0) is 0 Å². The average molecular weight is 289 g/mol. The van der Waals surface area contributed by atoms with Gasteiger partial charge < -0.3 is 5.73 Å². The van der Waals surface area contributed by atoms with Crippen molar-refractivity contribution in [2.45, 2.75) is 58.2 Å². The van der Waals surface area contributed by atoms with Gasteiger partial charge in [-0.25, -0.2) is 0 Å². The fourth-order valence-corrected chi connectivity index (χ4v) is 3.61. The van der Waals surface area contributed by atoms with Crippen LogP contribution in [0.4, 0.5) is 0 Å². The van der Waals surface area contributed by atoms with Gasteiger partial charge in [-0.2, -0.15) is 0 Å². The van der Waals surface area contributed by atoms with Crippen LogP contribution in [0, 0.1) is 0 Å². The molecule has 0 radical (unpaired) electrons. The normalized spacial score (nSPS) is 16.8. The monoisotopic (exact) mass is 288 g/mol. The predicted octanol–water partition coefficient (Wildman–Crippen LogP) is 4.30. The molecule has 1 aromatic rings. The molecule has 0 amide bonds. The van der Waals surface area contributed by atoms with Gasteiger partial charge >= 0.3 is 0 Å². The zero-order valence-corrected chi connectivity index (χ0v) is 13.4. The van der Waals surface area contributed by atoms with Gasteiger partial charge in [-0.1, -0.05) is 31.9 Å². The molecule has 1 rings (SSSR count). The summed E-state index contributed by atoms with van der Waals surface area (Å²) in [7, 11) is 2.17. The Bertz CT molecular complexity index is 353. The molecule has 0 aromatic carbocycles. The summed E-state index contributed by atoms with van der Waals surface area (Å²) < 4.78 is 0.842. The Labute approximate surface area is 120 Å². The zero-order chi connectivity index (χ0) is 13.7. The minimum absolute atomic E-state index is 0.157. The van der Waals surface area contributed by atoms with Crippen LogP contribution in [0.15, 0.2) is 12.1 Å². The van der Waals surface area contributed by atoms with Gasteiger partial charge in [0.15, 0.2) is 0 Å². The van der Waals surface area contributed by atoms with Gasteiger partial charge in [0, 0.05) is 17.0 Å². The summed E-state index contributed by atoms with van der Waals surface area (Å²) in [5.41, 5.74) is 6.32. The fraction of sp³-hybridized carbons (Fsp3) is 0.714. The summed E-state index contributed by atoms with van der Waals surface area (Å²) in [6, 6.07) is 5.05. The van der Waals surface area contributed by atoms with Crippen molar-refractivity contribution in [1.82, 2.24) is 4.90 Å². The highest BCUT2D eigenvalue weighted by Gasteiger charge is 2.27. The van der Waals surface area contributed by atoms with Crippen LogP contribution in [0.25, 0.3) is 0 Å². The van der Waals surface area contributed by atoms with Gasteiger partial charge in [-0.05, 0) is 38.9 Å². The van der Waals surface area contributed by atoms with E-state index in [2.05, 4.69) is 38.8 Å². The second-order valence-corrected chi connectivity index (χ2v) is 6.71. The van der Waals surface area contributed by atoms with Crippen LogP contribution < -0.4 is 5.73 Å². The van der Waals surface area contributed by atoms with E-state index in [9.17, 15) is 0 Å². The molecule has 0 aliphatic heterocycles. The molecule has 0 spiro atoms. The maximum atomic E-state index is 6.32. The number of rotatable bonds is 7. The van der Waals surface area contributed by atoms with Crippen molar-refractivity contribution in [1.29, 1.82) is 0 Å². The van der Waals surface area contributed by atoms with E-state index in [0.29, 0.717) is 6.04 Å². The van der Waals surface area contributed by atoms with E-state index in [1.807, 2.05) is 6.07 Å². The van der Waals surface area contributed by atoms with Gasteiger partial charge in [-0.3, -0.25) is 4.90 Å². The van der Waals surface area contributed by atoms with E-state index in [0.717, 1.165) is 10.8 Å². The number of likely N-dealkylation sites (N-methyl/N-ethyl adjacent to an activating group) is 1. The van der Waals surface area contributed by atoms with Crippen LogP contribution in [-0.4, -0.2) is 24.0 Å². The number of hydrogen-bond donors (Lipinski definition) is 1. The summed E-state index contributed by atoms with van der Waals surface area (Å²) in [6.07, 6.45) is 3.37. The van der Waals surface area contributed by atoms with Crippen molar-refractivity contribution in [2.24, 2.45) is 5.73 Å². The van der Waals surface area contributed by atoms with Crippen LogP contribution in [0.2, 0.25) is 4.34 Å². The van der Waals surface area contributed by atoms with E-state index in [1.165, 1.54) is 17.7 Å². The SMILES string of the molecule is CCCC(C)N(C)C(c1ccc(Cl)s1)C(N)CC. The maximum absolute atomic E-state index is 6.32. The molecular formula is C14H25ClN2S. The molecule has 1 heterocycles. The lowest BCUT2D eigenvalue weighted by Gasteiger charge is -2.36. The average Bonchev–Trinajstić information content (AvgIpc) is 2.75. The first-order valence-corrected chi connectivity index (χ1v) is 7.93. The lowest BCUT2D eigenvalue weighted by molar-refractivity contribution is 0.153. The molecule has 3 atom stereocenters. The molecule has 0 bridgehead atoms. The lowest BCUT2D eigenvalue weighted by atomic mass is 10.0. The summed E-state index contributed by atoms with van der Waals surface area (Å²) in [5.74, 6) is 0. The summed E-state index contributed by atoms with van der Waals surface area (Å²) in [6.45, 7) is 6.64. The third-order valence-corrected chi connectivity index (χ3v) is 4.90. The number of halogens is 1. The Kier molecular flexibility index (Phi) is 6.64. The van der Waals surface area contributed by atoms with E-state index in [-0.39, 0.29) is 12.1 Å². The first kappa shape index (κ1) is 16.0. The number of nitrogens with zero attached hydrogens (tertiary/aromatic N) is 1. The smallest absolute Gasteiger partial charge is 0.0931 e. The summed E-state index contributed by atoms with van der Waals surface area (Å²) in [5, 5.41) is 0. The van der Waals surface area contributed by atoms with E-state index in [4.69, 9.17) is 17.3 Å². The molecular weight excluding hydrogens is 264 g/mol. The molecule has 1 aromatic heterocycles.